The van der Waals surface area contributed by atoms with Gasteiger partial charge in [-0.15, -0.1) is 0 Å². The van der Waals surface area contributed by atoms with Gasteiger partial charge in [0.2, 0.25) is 5.91 Å². The number of likely N-dealkylation sites (tertiary alicyclic amines) is 1. The standard InChI is InChI=1S/C29H38F2N4O5/c1-18-20(12-9-13-22(18)36)25(38)33-21(16-19-10-7-6-8-11-19)23(37)27(40)35-17-29(30,31)28(2,3)24(35)26(39)32-14-15-34(4)5/h6-13,21,23-24,36-37H,14-17H2,1-5H3,(H,32,39)(H,33,38)/t21-,23-,24+/m0/s1. The summed E-state index contributed by atoms with van der Waals surface area (Å²) in [7, 11) is 3.59. The SMILES string of the molecule is Cc1c(O)cccc1C(=O)N[C@@H](Cc1ccccc1)[C@H](O)C(=O)N1CC(F)(F)C(C)(C)[C@H]1C(=O)NCCN(C)C. The fraction of sp³-hybridized carbons (Fsp3) is 0.483. The molecule has 0 unspecified atom stereocenters. The van der Waals surface area contributed by atoms with Gasteiger partial charge in [-0.2, -0.15) is 0 Å². The first-order chi connectivity index (χ1) is 18.7. The molecule has 0 bridgehead atoms. The summed E-state index contributed by atoms with van der Waals surface area (Å²) in [6.45, 7) is 3.58. The zero-order valence-electron chi connectivity index (χ0n) is 23.4. The van der Waals surface area contributed by atoms with Crippen LogP contribution in [0.1, 0.15) is 35.3 Å². The molecule has 2 aromatic rings. The van der Waals surface area contributed by atoms with E-state index in [1.165, 1.54) is 32.0 Å². The maximum Gasteiger partial charge on any atom is 0.272 e. The fourth-order valence-electron chi connectivity index (χ4n) is 4.84. The van der Waals surface area contributed by atoms with E-state index in [1.807, 2.05) is 4.90 Å². The van der Waals surface area contributed by atoms with Crippen molar-refractivity contribution < 1.29 is 33.4 Å². The van der Waals surface area contributed by atoms with Crippen LogP contribution >= 0.6 is 0 Å². The van der Waals surface area contributed by atoms with Gasteiger partial charge >= 0.3 is 0 Å². The monoisotopic (exact) mass is 560 g/mol. The first kappa shape index (κ1) is 31.0. The largest absolute Gasteiger partial charge is 0.508 e. The molecule has 11 heteroatoms. The second-order valence-corrected chi connectivity index (χ2v) is 11.1. The number of carbonyl (C=O) groups is 3. The molecule has 4 N–H and O–H groups in total. The van der Waals surface area contributed by atoms with Gasteiger partial charge in [0, 0.05) is 24.2 Å². The van der Waals surface area contributed by atoms with Crippen molar-refractivity contribution in [3.63, 3.8) is 0 Å². The summed E-state index contributed by atoms with van der Waals surface area (Å²) >= 11 is 0. The molecule has 1 aliphatic heterocycles. The molecule has 3 amide bonds. The summed E-state index contributed by atoms with van der Waals surface area (Å²) in [4.78, 5) is 42.5. The van der Waals surface area contributed by atoms with Crippen LogP contribution in [0.2, 0.25) is 0 Å². The predicted octanol–water partition coefficient (Wildman–Crippen LogP) is 1.95. The molecule has 0 saturated carbocycles. The highest BCUT2D eigenvalue weighted by Crippen LogP contribution is 2.48. The van der Waals surface area contributed by atoms with Gasteiger partial charge in [-0.3, -0.25) is 14.4 Å². The van der Waals surface area contributed by atoms with Crippen molar-refractivity contribution >= 4 is 17.7 Å². The Kier molecular flexibility index (Phi) is 9.52. The number of halogens is 2. The fourth-order valence-corrected chi connectivity index (χ4v) is 4.84. The normalized spacial score (nSPS) is 19.2. The third-order valence-electron chi connectivity index (χ3n) is 7.50. The predicted molar refractivity (Wildman–Crippen MR) is 146 cm³/mol. The minimum atomic E-state index is -3.41. The minimum absolute atomic E-state index is 0.00464. The Labute approximate surface area is 233 Å². The number of phenolic OH excluding ortho intramolecular Hbond substituents is 1. The van der Waals surface area contributed by atoms with Crippen LogP contribution in [-0.2, 0) is 16.0 Å². The zero-order chi connectivity index (χ0) is 29.8. The van der Waals surface area contributed by atoms with E-state index in [2.05, 4.69) is 10.6 Å². The number of likely N-dealkylation sites (N-methyl/N-ethyl adjacent to an activating group) is 1. The van der Waals surface area contributed by atoms with E-state index < -0.39 is 53.8 Å². The number of aromatic hydroxyl groups is 1. The zero-order valence-corrected chi connectivity index (χ0v) is 23.4. The van der Waals surface area contributed by atoms with E-state index in [0.29, 0.717) is 17.7 Å². The van der Waals surface area contributed by atoms with Crippen molar-refractivity contribution in [3.05, 3.63) is 65.2 Å². The minimum Gasteiger partial charge on any atom is -0.508 e. The number of alkyl halides is 2. The summed E-state index contributed by atoms with van der Waals surface area (Å²) in [5.74, 6) is -6.02. The molecule has 0 radical (unpaired) electrons. The average Bonchev–Trinajstić information content (AvgIpc) is 3.08. The molecule has 218 valence electrons. The molecule has 3 atom stereocenters. The first-order valence-corrected chi connectivity index (χ1v) is 13.1. The van der Waals surface area contributed by atoms with Crippen LogP contribution in [0, 0.1) is 12.3 Å². The van der Waals surface area contributed by atoms with Gasteiger partial charge in [0.15, 0.2) is 6.10 Å². The highest BCUT2D eigenvalue weighted by atomic mass is 19.3. The lowest BCUT2D eigenvalue weighted by Gasteiger charge is -2.34. The molecule has 1 heterocycles. The number of aliphatic hydroxyl groups excluding tert-OH is 1. The molecule has 3 rings (SSSR count). The second-order valence-electron chi connectivity index (χ2n) is 11.1. The van der Waals surface area contributed by atoms with Gasteiger partial charge in [-0.05, 0) is 45.1 Å². The van der Waals surface area contributed by atoms with Gasteiger partial charge in [-0.25, -0.2) is 8.78 Å². The first-order valence-electron chi connectivity index (χ1n) is 13.1. The van der Waals surface area contributed by atoms with E-state index in [1.54, 1.807) is 51.4 Å². The highest BCUT2D eigenvalue weighted by Gasteiger charge is 2.64. The Bertz CT molecular complexity index is 1220. The molecule has 0 aromatic heterocycles. The van der Waals surface area contributed by atoms with Crippen LogP contribution < -0.4 is 10.6 Å². The summed E-state index contributed by atoms with van der Waals surface area (Å²) in [6, 6.07) is 10.4. The topological polar surface area (TPSA) is 122 Å². The third-order valence-corrected chi connectivity index (χ3v) is 7.50. The molecule has 40 heavy (non-hydrogen) atoms. The van der Waals surface area contributed by atoms with Gasteiger partial charge in [0.25, 0.3) is 17.7 Å². The number of aliphatic hydroxyl groups is 1. The van der Waals surface area contributed by atoms with Crippen molar-refractivity contribution in [2.75, 3.05) is 33.7 Å². The molecule has 0 spiro atoms. The molecule has 1 saturated heterocycles. The number of carbonyl (C=O) groups excluding carboxylic acids is 3. The molecule has 9 nitrogen and oxygen atoms in total. The number of hydrogen-bond donors (Lipinski definition) is 4. The molecule has 2 aromatic carbocycles. The Balaban J connectivity index is 1.92. The van der Waals surface area contributed by atoms with Crippen LogP contribution in [0.5, 0.6) is 5.75 Å². The van der Waals surface area contributed by atoms with E-state index in [4.69, 9.17) is 0 Å². The van der Waals surface area contributed by atoms with Gasteiger partial charge < -0.3 is 30.6 Å². The average molecular weight is 561 g/mol. The van der Waals surface area contributed by atoms with Crippen molar-refractivity contribution in [3.8, 4) is 5.75 Å². The van der Waals surface area contributed by atoms with E-state index in [0.717, 1.165) is 4.90 Å². The molecule has 1 aliphatic rings. The smallest absolute Gasteiger partial charge is 0.272 e. The number of amides is 3. The maximum absolute atomic E-state index is 15.2. The Morgan fingerprint density at radius 2 is 1.75 bits per heavy atom. The highest BCUT2D eigenvalue weighted by molar-refractivity contribution is 5.97. The maximum atomic E-state index is 15.2. The molecule has 0 aliphatic carbocycles. The Hall–Kier alpha value is -3.57. The second kappa shape index (κ2) is 12.3. The summed E-state index contributed by atoms with van der Waals surface area (Å²) in [5, 5.41) is 26.6. The summed E-state index contributed by atoms with van der Waals surface area (Å²) in [6.07, 6.45) is -1.94. The van der Waals surface area contributed by atoms with Crippen LogP contribution in [0.4, 0.5) is 8.78 Å². The van der Waals surface area contributed by atoms with Crippen LogP contribution in [0.25, 0.3) is 0 Å². The van der Waals surface area contributed by atoms with Crippen molar-refractivity contribution in [1.29, 1.82) is 0 Å². The number of nitrogens with zero attached hydrogens (tertiary/aromatic N) is 2. The van der Waals surface area contributed by atoms with Crippen molar-refractivity contribution in [2.45, 2.75) is 51.3 Å². The Morgan fingerprint density at radius 3 is 2.38 bits per heavy atom. The number of hydrogen-bond acceptors (Lipinski definition) is 6. The van der Waals surface area contributed by atoms with Gasteiger partial charge in [-0.1, -0.05) is 50.2 Å². The van der Waals surface area contributed by atoms with Crippen LogP contribution in [0.15, 0.2) is 48.5 Å². The number of rotatable bonds is 10. The molecular formula is C29H38F2N4O5. The lowest BCUT2D eigenvalue weighted by molar-refractivity contribution is -0.148. The summed E-state index contributed by atoms with van der Waals surface area (Å²) < 4.78 is 30.3. The summed E-state index contributed by atoms with van der Waals surface area (Å²) in [5.41, 5.74) is -0.807. The van der Waals surface area contributed by atoms with Crippen LogP contribution in [0.3, 0.4) is 0 Å². The quantitative estimate of drug-likeness (QED) is 0.353. The van der Waals surface area contributed by atoms with Crippen LogP contribution in [-0.4, -0.2) is 95.6 Å². The van der Waals surface area contributed by atoms with Crippen molar-refractivity contribution in [2.24, 2.45) is 5.41 Å². The molecular weight excluding hydrogens is 522 g/mol. The number of benzene rings is 2. The number of phenols is 1. The third kappa shape index (κ3) is 6.59. The Morgan fingerprint density at radius 1 is 1.10 bits per heavy atom. The van der Waals surface area contributed by atoms with Crippen molar-refractivity contribution in [1.82, 2.24) is 20.4 Å². The lowest BCUT2D eigenvalue weighted by atomic mass is 9.81. The van der Waals surface area contributed by atoms with E-state index >= 15 is 8.78 Å². The van der Waals surface area contributed by atoms with E-state index in [9.17, 15) is 24.6 Å². The van der Waals surface area contributed by atoms with Gasteiger partial charge in [0.1, 0.15) is 11.8 Å². The number of nitrogens with one attached hydrogen (secondary N) is 2. The molecule has 1 fully saturated rings. The van der Waals surface area contributed by atoms with E-state index in [-0.39, 0.29) is 24.3 Å². The van der Waals surface area contributed by atoms with Gasteiger partial charge in [0.05, 0.1) is 18.0 Å². The lowest BCUT2D eigenvalue weighted by Crippen LogP contribution is -2.58.